The number of hydrogen-bond acceptors (Lipinski definition) is 3. The van der Waals surface area contributed by atoms with Crippen molar-refractivity contribution in [2.75, 3.05) is 12.3 Å². The van der Waals surface area contributed by atoms with Gasteiger partial charge in [-0.05, 0) is 61.1 Å². The van der Waals surface area contributed by atoms with Crippen molar-refractivity contribution in [3.05, 3.63) is 59.4 Å². The summed E-state index contributed by atoms with van der Waals surface area (Å²) >= 11 is 0. The highest BCUT2D eigenvalue weighted by Gasteiger charge is 2.21. The zero-order valence-electron chi connectivity index (χ0n) is 14.1. The number of aryl methyl sites for hydroxylation is 1. The highest BCUT2D eigenvalue weighted by Crippen LogP contribution is 2.31. The third-order valence-electron chi connectivity index (χ3n) is 4.43. The molecule has 0 aliphatic heterocycles. The van der Waals surface area contributed by atoms with Crippen molar-refractivity contribution < 1.29 is 13.9 Å². The molecule has 0 spiro atoms. The van der Waals surface area contributed by atoms with Gasteiger partial charge < -0.3 is 15.8 Å². The van der Waals surface area contributed by atoms with Crippen LogP contribution in [0.15, 0.2) is 42.5 Å². The Labute approximate surface area is 147 Å². The van der Waals surface area contributed by atoms with Gasteiger partial charge in [0.15, 0.2) is 0 Å². The van der Waals surface area contributed by atoms with Crippen LogP contribution in [0, 0.1) is 5.82 Å². The molecule has 0 saturated carbocycles. The van der Waals surface area contributed by atoms with E-state index in [2.05, 4.69) is 5.32 Å². The van der Waals surface area contributed by atoms with Gasteiger partial charge in [0.25, 0.3) is 0 Å². The lowest BCUT2D eigenvalue weighted by Gasteiger charge is -2.26. The number of halogens is 1. The monoisotopic (exact) mass is 342 g/mol. The molecule has 25 heavy (non-hydrogen) atoms. The van der Waals surface area contributed by atoms with Crippen LogP contribution in [0.2, 0.25) is 0 Å². The molecule has 1 unspecified atom stereocenters. The zero-order valence-corrected chi connectivity index (χ0v) is 14.1. The molecule has 0 radical (unpaired) electrons. The quantitative estimate of drug-likeness (QED) is 0.620. The van der Waals surface area contributed by atoms with Crippen molar-refractivity contribution in [3.8, 4) is 5.75 Å². The number of rotatable bonds is 6. The minimum atomic E-state index is -0.327. The third kappa shape index (κ3) is 4.72. The minimum absolute atomic E-state index is 0.0116. The van der Waals surface area contributed by atoms with E-state index in [1.54, 1.807) is 12.1 Å². The number of amides is 1. The second-order valence-corrected chi connectivity index (χ2v) is 6.38. The summed E-state index contributed by atoms with van der Waals surface area (Å²) in [6.07, 6.45) is 3.97. The number of nitrogens with two attached hydrogens (primary N) is 1. The maximum Gasteiger partial charge on any atom is 0.220 e. The second kappa shape index (κ2) is 8.01. The fraction of sp³-hybridized carbons (Fsp3) is 0.350. The van der Waals surface area contributed by atoms with Crippen LogP contribution in [0.4, 0.5) is 10.1 Å². The molecule has 0 bridgehead atoms. The average Bonchev–Trinajstić information content (AvgIpc) is 2.59. The molecule has 5 heteroatoms. The third-order valence-corrected chi connectivity index (χ3v) is 4.43. The molecule has 1 amide bonds. The standard InChI is InChI=1S/C20H23FN2O2/c21-15-5-2-6-17(13-15)25-11-3-8-20(24)23-19-7-1-4-14-12-16(22)9-10-18(14)19/h2,5-6,9-10,12-13,19H,1,3-4,7-8,11,22H2,(H,23,24). The summed E-state index contributed by atoms with van der Waals surface area (Å²) in [7, 11) is 0. The topological polar surface area (TPSA) is 64.3 Å². The number of carbonyl (C=O) groups is 1. The maximum atomic E-state index is 13.1. The first-order valence-electron chi connectivity index (χ1n) is 8.68. The number of ether oxygens (including phenoxy) is 1. The van der Waals surface area contributed by atoms with Crippen molar-refractivity contribution in [2.45, 2.75) is 38.1 Å². The molecule has 0 saturated heterocycles. The number of carbonyl (C=O) groups excluding carboxylic acids is 1. The Bertz CT molecular complexity index is 748. The molecular weight excluding hydrogens is 319 g/mol. The van der Waals surface area contributed by atoms with E-state index in [-0.39, 0.29) is 17.8 Å². The molecule has 3 N–H and O–H groups in total. The molecule has 2 aromatic carbocycles. The highest BCUT2D eigenvalue weighted by molar-refractivity contribution is 5.76. The number of hydrogen-bond donors (Lipinski definition) is 2. The Balaban J connectivity index is 1.46. The van der Waals surface area contributed by atoms with Gasteiger partial charge in [-0.2, -0.15) is 0 Å². The van der Waals surface area contributed by atoms with Crippen LogP contribution in [0.1, 0.15) is 42.9 Å². The molecule has 0 fully saturated rings. The SMILES string of the molecule is Nc1ccc2c(c1)CCCC2NC(=O)CCCOc1cccc(F)c1. The summed E-state index contributed by atoms with van der Waals surface area (Å²) < 4.78 is 18.5. The Morgan fingerprint density at radius 2 is 2.16 bits per heavy atom. The fourth-order valence-electron chi connectivity index (χ4n) is 3.23. The van der Waals surface area contributed by atoms with Crippen LogP contribution in [0.3, 0.4) is 0 Å². The Kier molecular flexibility index (Phi) is 5.53. The molecule has 1 aliphatic rings. The van der Waals surface area contributed by atoms with Gasteiger partial charge in [-0.15, -0.1) is 0 Å². The summed E-state index contributed by atoms with van der Waals surface area (Å²) in [4.78, 5) is 12.2. The molecule has 1 aliphatic carbocycles. The number of benzene rings is 2. The lowest BCUT2D eigenvalue weighted by atomic mass is 9.87. The molecule has 1 atom stereocenters. The summed E-state index contributed by atoms with van der Waals surface area (Å²) in [6, 6.07) is 12.0. The predicted octanol–water partition coefficient (Wildman–Crippen LogP) is 3.76. The van der Waals surface area contributed by atoms with E-state index in [4.69, 9.17) is 10.5 Å². The van der Waals surface area contributed by atoms with Crippen molar-refractivity contribution in [3.63, 3.8) is 0 Å². The van der Waals surface area contributed by atoms with Gasteiger partial charge in [-0.1, -0.05) is 12.1 Å². The van der Waals surface area contributed by atoms with E-state index in [9.17, 15) is 9.18 Å². The maximum absolute atomic E-state index is 13.1. The molecular formula is C20H23FN2O2. The largest absolute Gasteiger partial charge is 0.493 e. The van der Waals surface area contributed by atoms with E-state index in [1.165, 1.54) is 23.3 Å². The van der Waals surface area contributed by atoms with Gasteiger partial charge in [0.1, 0.15) is 11.6 Å². The first-order valence-corrected chi connectivity index (χ1v) is 8.68. The summed E-state index contributed by atoms with van der Waals surface area (Å²) in [5.74, 6) is 0.170. The molecule has 0 aromatic heterocycles. The number of nitrogens with one attached hydrogen (secondary N) is 1. The number of fused-ring (bicyclic) bond motifs is 1. The highest BCUT2D eigenvalue weighted by atomic mass is 19.1. The van der Waals surface area contributed by atoms with Crippen molar-refractivity contribution in [1.29, 1.82) is 0 Å². The van der Waals surface area contributed by atoms with Crippen LogP contribution < -0.4 is 15.8 Å². The Morgan fingerprint density at radius 1 is 1.28 bits per heavy atom. The van der Waals surface area contributed by atoms with E-state index >= 15 is 0 Å². The fourth-order valence-corrected chi connectivity index (χ4v) is 3.23. The summed E-state index contributed by atoms with van der Waals surface area (Å²) in [5.41, 5.74) is 9.01. The van der Waals surface area contributed by atoms with Crippen LogP contribution >= 0.6 is 0 Å². The van der Waals surface area contributed by atoms with Crippen LogP contribution in [0.25, 0.3) is 0 Å². The molecule has 3 rings (SSSR count). The van der Waals surface area contributed by atoms with Gasteiger partial charge in [0, 0.05) is 18.2 Å². The van der Waals surface area contributed by atoms with Gasteiger partial charge in [-0.3, -0.25) is 4.79 Å². The van der Waals surface area contributed by atoms with E-state index in [0.717, 1.165) is 24.9 Å². The number of anilines is 1. The second-order valence-electron chi connectivity index (χ2n) is 6.38. The van der Waals surface area contributed by atoms with Crippen LogP contribution in [-0.4, -0.2) is 12.5 Å². The summed E-state index contributed by atoms with van der Waals surface area (Å²) in [6.45, 7) is 0.384. The van der Waals surface area contributed by atoms with Gasteiger partial charge in [0.2, 0.25) is 5.91 Å². The van der Waals surface area contributed by atoms with Crippen molar-refractivity contribution >= 4 is 11.6 Å². The first kappa shape index (κ1) is 17.3. The smallest absolute Gasteiger partial charge is 0.220 e. The van der Waals surface area contributed by atoms with Gasteiger partial charge in [0.05, 0.1) is 12.6 Å². The first-order chi connectivity index (χ1) is 12.1. The van der Waals surface area contributed by atoms with Gasteiger partial charge in [-0.25, -0.2) is 4.39 Å². The number of nitrogen functional groups attached to an aromatic ring is 1. The average molecular weight is 342 g/mol. The normalized spacial score (nSPS) is 16.1. The summed E-state index contributed by atoms with van der Waals surface area (Å²) in [5, 5.41) is 3.11. The molecule has 0 heterocycles. The molecule has 2 aromatic rings. The molecule has 132 valence electrons. The van der Waals surface area contributed by atoms with Crippen molar-refractivity contribution in [1.82, 2.24) is 5.32 Å². The minimum Gasteiger partial charge on any atom is -0.493 e. The van der Waals surface area contributed by atoms with E-state index < -0.39 is 0 Å². The Hall–Kier alpha value is -2.56. The zero-order chi connectivity index (χ0) is 17.6. The molecule has 4 nitrogen and oxygen atoms in total. The van der Waals surface area contributed by atoms with Crippen LogP contribution in [0.5, 0.6) is 5.75 Å². The van der Waals surface area contributed by atoms with E-state index in [0.29, 0.717) is 25.2 Å². The van der Waals surface area contributed by atoms with Crippen molar-refractivity contribution in [2.24, 2.45) is 0 Å². The lowest BCUT2D eigenvalue weighted by Crippen LogP contribution is -2.31. The van der Waals surface area contributed by atoms with Gasteiger partial charge >= 0.3 is 0 Å². The van der Waals surface area contributed by atoms with Crippen LogP contribution in [-0.2, 0) is 11.2 Å². The lowest BCUT2D eigenvalue weighted by molar-refractivity contribution is -0.122. The van der Waals surface area contributed by atoms with E-state index in [1.807, 2.05) is 18.2 Å². The predicted molar refractivity (Wildman–Crippen MR) is 95.8 cm³/mol. The Morgan fingerprint density at radius 3 is 3.00 bits per heavy atom.